The number of hydrogen-bond acceptors (Lipinski definition) is 4. The summed E-state index contributed by atoms with van der Waals surface area (Å²) in [5, 5.41) is 0. The molecule has 0 amide bonds. The minimum Gasteiger partial charge on any atom is -0.399 e. The Hall–Kier alpha value is -1.55. The zero-order chi connectivity index (χ0) is 13.9. The number of nitrogen functional groups attached to an aromatic ring is 1. The Bertz CT molecular complexity index is 567. The van der Waals surface area contributed by atoms with Crippen molar-refractivity contribution in [3.05, 3.63) is 24.3 Å². The Balaban J connectivity index is 2.10. The minimum atomic E-state index is -3.42. The van der Waals surface area contributed by atoms with Gasteiger partial charge in [-0.3, -0.25) is 4.90 Å². The summed E-state index contributed by atoms with van der Waals surface area (Å²) in [5.41, 5.74) is 6.12. The Labute approximate surface area is 114 Å². The van der Waals surface area contributed by atoms with Crippen LogP contribution in [0.1, 0.15) is 0 Å². The van der Waals surface area contributed by atoms with Gasteiger partial charge in [-0.1, -0.05) is 5.92 Å². The Morgan fingerprint density at radius 2 is 1.74 bits per heavy atom. The fraction of sp³-hybridized carbons (Fsp3) is 0.385. The topological polar surface area (TPSA) is 66.6 Å². The highest BCUT2D eigenvalue weighted by atomic mass is 32.2. The average molecular weight is 279 g/mol. The van der Waals surface area contributed by atoms with Crippen molar-refractivity contribution in [1.82, 2.24) is 9.21 Å². The van der Waals surface area contributed by atoms with Gasteiger partial charge in [0.05, 0.1) is 11.4 Å². The molecule has 0 bridgehead atoms. The van der Waals surface area contributed by atoms with Crippen LogP contribution in [-0.2, 0) is 10.0 Å². The molecular formula is C13H17N3O2S. The van der Waals surface area contributed by atoms with Crippen LogP contribution in [-0.4, -0.2) is 50.3 Å². The SMILES string of the molecule is C#CCN1CCN(S(=O)(=O)c2ccc(N)cc2)CC1. The van der Waals surface area contributed by atoms with Gasteiger partial charge in [-0.25, -0.2) is 8.42 Å². The summed E-state index contributed by atoms with van der Waals surface area (Å²) in [6.45, 7) is 2.83. The smallest absolute Gasteiger partial charge is 0.243 e. The number of anilines is 1. The van der Waals surface area contributed by atoms with E-state index in [1.807, 2.05) is 0 Å². The third-order valence-corrected chi connectivity index (χ3v) is 5.08. The van der Waals surface area contributed by atoms with E-state index in [0.717, 1.165) is 0 Å². The average Bonchev–Trinajstić information content (AvgIpc) is 2.40. The highest BCUT2D eigenvalue weighted by Crippen LogP contribution is 2.18. The number of terminal acetylenes is 1. The fourth-order valence-corrected chi connectivity index (χ4v) is 3.47. The second-order valence-corrected chi connectivity index (χ2v) is 6.39. The Morgan fingerprint density at radius 1 is 1.16 bits per heavy atom. The standard InChI is InChI=1S/C13H17N3O2S/c1-2-7-15-8-10-16(11-9-15)19(17,18)13-5-3-12(14)4-6-13/h1,3-6H,7-11,14H2. The molecule has 0 spiro atoms. The molecule has 1 aliphatic rings. The zero-order valence-corrected chi connectivity index (χ0v) is 11.4. The highest BCUT2D eigenvalue weighted by Gasteiger charge is 2.27. The first kappa shape index (κ1) is 13.9. The first-order valence-corrected chi connectivity index (χ1v) is 7.49. The van der Waals surface area contributed by atoms with Gasteiger partial charge in [-0.05, 0) is 24.3 Å². The van der Waals surface area contributed by atoms with Crippen LogP contribution in [0.3, 0.4) is 0 Å². The molecule has 2 rings (SSSR count). The van der Waals surface area contributed by atoms with E-state index in [9.17, 15) is 8.42 Å². The lowest BCUT2D eigenvalue weighted by Crippen LogP contribution is -2.48. The molecule has 1 aliphatic heterocycles. The molecule has 5 nitrogen and oxygen atoms in total. The first-order chi connectivity index (χ1) is 9.04. The second-order valence-electron chi connectivity index (χ2n) is 4.45. The van der Waals surface area contributed by atoms with Crippen LogP contribution in [0.2, 0.25) is 0 Å². The minimum absolute atomic E-state index is 0.284. The van der Waals surface area contributed by atoms with E-state index >= 15 is 0 Å². The van der Waals surface area contributed by atoms with Crippen LogP contribution in [0, 0.1) is 12.3 Å². The molecule has 6 heteroatoms. The lowest BCUT2D eigenvalue weighted by molar-refractivity contribution is 0.207. The molecular weight excluding hydrogens is 262 g/mol. The summed E-state index contributed by atoms with van der Waals surface area (Å²) in [6.07, 6.45) is 5.25. The number of hydrogen-bond donors (Lipinski definition) is 1. The number of nitrogens with two attached hydrogens (primary N) is 1. The summed E-state index contributed by atoms with van der Waals surface area (Å²) in [7, 11) is -3.42. The maximum absolute atomic E-state index is 12.4. The van der Waals surface area contributed by atoms with Gasteiger partial charge in [-0.2, -0.15) is 4.31 Å². The van der Waals surface area contributed by atoms with Crippen LogP contribution in [0.5, 0.6) is 0 Å². The van der Waals surface area contributed by atoms with Crippen molar-refractivity contribution in [2.24, 2.45) is 0 Å². The molecule has 0 aromatic heterocycles. The lowest BCUT2D eigenvalue weighted by Gasteiger charge is -2.32. The summed E-state index contributed by atoms with van der Waals surface area (Å²) in [6, 6.07) is 6.28. The normalized spacial score (nSPS) is 18.1. The maximum Gasteiger partial charge on any atom is 0.243 e. The molecule has 102 valence electrons. The third-order valence-electron chi connectivity index (χ3n) is 3.16. The van der Waals surface area contributed by atoms with Gasteiger partial charge in [0.25, 0.3) is 0 Å². The quantitative estimate of drug-likeness (QED) is 0.634. The molecule has 2 N–H and O–H groups in total. The molecule has 0 radical (unpaired) electrons. The first-order valence-electron chi connectivity index (χ1n) is 6.05. The Morgan fingerprint density at radius 3 is 2.26 bits per heavy atom. The van der Waals surface area contributed by atoms with Gasteiger partial charge in [0.2, 0.25) is 10.0 Å². The van der Waals surface area contributed by atoms with Crippen molar-refractivity contribution in [2.75, 3.05) is 38.5 Å². The van der Waals surface area contributed by atoms with Crippen LogP contribution in [0.4, 0.5) is 5.69 Å². The van der Waals surface area contributed by atoms with Crippen molar-refractivity contribution >= 4 is 15.7 Å². The van der Waals surface area contributed by atoms with Crippen LogP contribution < -0.4 is 5.73 Å². The largest absolute Gasteiger partial charge is 0.399 e. The van der Waals surface area contributed by atoms with E-state index in [1.165, 1.54) is 4.31 Å². The molecule has 0 unspecified atom stereocenters. The van der Waals surface area contributed by atoms with Crippen molar-refractivity contribution < 1.29 is 8.42 Å². The van der Waals surface area contributed by atoms with Gasteiger partial charge >= 0.3 is 0 Å². The van der Waals surface area contributed by atoms with Crippen LogP contribution in [0.25, 0.3) is 0 Å². The summed E-state index contributed by atoms with van der Waals surface area (Å²) < 4.78 is 26.3. The predicted molar refractivity (Wildman–Crippen MR) is 74.9 cm³/mol. The zero-order valence-electron chi connectivity index (χ0n) is 10.6. The predicted octanol–water partition coefficient (Wildman–Crippen LogP) is 0.208. The molecule has 1 heterocycles. The molecule has 0 saturated carbocycles. The molecule has 19 heavy (non-hydrogen) atoms. The summed E-state index contributed by atoms with van der Waals surface area (Å²) in [4.78, 5) is 2.35. The van der Waals surface area contributed by atoms with Crippen molar-refractivity contribution in [3.8, 4) is 12.3 Å². The van der Waals surface area contributed by atoms with Crippen LogP contribution >= 0.6 is 0 Å². The van der Waals surface area contributed by atoms with Crippen molar-refractivity contribution in [1.29, 1.82) is 0 Å². The Kier molecular flexibility index (Phi) is 4.10. The van der Waals surface area contributed by atoms with Gasteiger partial charge in [-0.15, -0.1) is 6.42 Å². The number of piperazine rings is 1. The molecule has 0 aliphatic carbocycles. The van der Waals surface area contributed by atoms with Gasteiger partial charge in [0, 0.05) is 31.9 Å². The monoisotopic (exact) mass is 279 g/mol. The van der Waals surface area contributed by atoms with Gasteiger partial charge in [0.1, 0.15) is 0 Å². The van der Waals surface area contributed by atoms with E-state index in [4.69, 9.17) is 12.2 Å². The third kappa shape index (κ3) is 3.07. The lowest BCUT2D eigenvalue weighted by atomic mass is 10.3. The van der Waals surface area contributed by atoms with Gasteiger partial charge in [0.15, 0.2) is 0 Å². The highest BCUT2D eigenvalue weighted by molar-refractivity contribution is 7.89. The number of benzene rings is 1. The number of sulfonamides is 1. The van der Waals surface area contributed by atoms with E-state index in [1.54, 1.807) is 24.3 Å². The van der Waals surface area contributed by atoms with Gasteiger partial charge < -0.3 is 5.73 Å². The van der Waals surface area contributed by atoms with E-state index in [-0.39, 0.29) is 4.90 Å². The van der Waals surface area contributed by atoms with E-state index in [2.05, 4.69) is 10.8 Å². The molecule has 0 atom stereocenters. The number of rotatable bonds is 3. The second kappa shape index (κ2) is 5.61. The number of nitrogens with zero attached hydrogens (tertiary/aromatic N) is 2. The molecule has 1 saturated heterocycles. The molecule has 1 fully saturated rings. The van der Waals surface area contributed by atoms with E-state index in [0.29, 0.717) is 38.4 Å². The van der Waals surface area contributed by atoms with Crippen molar-refractivity contribution in [3.63, 3.8) is 0 Å². The van der Waals surface area contributed by atoms with Crippen LogP contribution in [0.15, 0.2) is 29.2 Å². The summed E-state index contributed by atoms with van der Waals surface area (Å²) in [5.74, 6) is 2.57. The fourth-order valence-electron chi connectivity index (χ4n) is 2.05. The molecule has 1 aromatic carbocycles. The van der Waals surface area contributed by atoms with E-state index < -0.39 is 10.0 Å². The summed E-state index contributed by atoms with van der Waals surface area (Å²) >= 11 is 0. The van der Waals surface area contributed by atoms with Crippen molar-refractivity contribution in [2.45, 2.75) is 4.90 Å². The maximum atomic E-state index is 12.4. The molecule has 1 aromatic rings.